The molecule has 1 rings (SSSR count). The molecule has 0 atom stereocenters. The van der Waals surface area contributed by atoms with Crippen molar-refractivity contribution in [2.45, 2.75) is 6.92 Å². The summed E-state index contributed by atoms with van der Waals surface area (Å²) in [5, 5.41) is 0. The summed E-state index contributed by atoms with van der Waals surface area (Å²) in [5.41, 5.74) is 0.581. The Labute approximate surface area is 77.9 Å². The van der Waals surface area contributed by atoms with Crippen molar-refractivity contribution in [3.05, 3.63) is 21.1 Å². The van der Waals surface area contributed by atoms with Crippen LogP contribution >= 0.6 is 22.6 Å². The fourth-order valence-corrected chi connectivity index (χ4v) is 1.29. The van der Waals surface area contributed by atoms with Crippen molar-refractivity contribution in [1.29, 1.82) is 0 Å². The maximum absolute atomic E-state index is 12.8. The molecule has 0 aromatic carbocycles. The number of pyridine rings is 1. The second-order valence-electron chi connectivity index (χ2n) is 2.05. The Hall–Kier alpha value is -0.390. The zero-order chi connectivity index (χ0) is 8.43. The smallest absolute Gasteiger partial charge is 0.227 e. The molecule has 0 saturated carbocycles. The van der Waals surface area contributed by atoms with E-state index in [9.17, 15) is 4.39 Å². The lowest BCUT2D eigenvalue weighted by molar-refractivity contribution is 0.391. The Morgan fingerprint density at radius 1 is 1.64 bits per heavy atom. The molecule has 0 aliphatic heterocycles. The van der Waals surface area contributed by atoms with Gasteiger partial charge in [-0.05, 0) is 29.5 Å². The zero-order valence-electron chi connectivity index (χ0n) is 6.19. The van der Waals surface area contributed by atoms with Gasteiger partial charge < -0.3 is 4.74 Å². The van der Waals surface area contributed by atoms with Crippen molar-refractivity contribution < 1.29 is 9.13 Å². The van der Waals surface area contributed by atoms with Crippen molar-refractivity contribution in [1.82, 2.24) is 4.98 Å². The van der Waals surface area contributed by atoms with Crippen LogP contribution < -0.4 is 4.74 Å². The molecule has 0 fully saturated rings. The van der Waals surface area contributed by atoms with E-state index in [4.69, 9.17) is 4.74 Å². The first-order valence-corrected chi connectivity index (χ1v) is 4.09. The summed E-state index contributed by atoms with van der Waals surface area (Å²) in [4.78, 5) is 3.75. The highest BCUT2D eigenvalue weighted by Gasteiger charge is 2.07. The topological polar surface area (TPSA) is 22.1 Å². The molecular formula is C7H7FINO. The molecule has 0 N–H and O–H groups in total. The van der Waals surface area contributed by atoms with Gasteiger partial charge in [-0.2, -0.15) is 0 Å². The van der Waals surface area contributed by atoms with E-state index in [0.717, 1.165) is 9.77 Å². The van der Waals surface area contributed by atoms with Gasteiger partial charge in [0, 0.05) is 5.56 Å². The first-order chi connectivity index (χ1) is 5.16. The Morgan fingerprint density at radius 2 is 2.27 bits per heavy atom. The highest BCUT2D eigenvalue weighted by atomic mass is 127. The summed E-state index contributed by atoms with van der Waals surface area (Å²) in [6.07, 6.45) is 1.16. The van der Waals surface area contributed by atoms with Gasteiger partial charge in [0.25, 0.3) is 0 Å². The zero-order valence-corrected chi connectivity index (χ0v) is 8.35. The number of hydrogen-bond acceptors (Lipinski definition) is 2. The molecule has 1 aromatic heterocycles. The number of hydrogen-bond donors (Lipinski definition) is 0. The number of aromatic nitrogens is 1. The van der Waals surface area contributed by atoms with Crippen LogP contribution in [0.2, 0.25) is 0 Å². The molecule has 4 heteroatoms. The maximum Gasteiger partial charge on any atom is 0.227 e. The van der Waals surface area contributed by atoms with Gasteiger partial charge in [0.15, 0.2) is 0 Å². The fourth-order valence-electron chi connectivity index (χ4n) is 0.676. The third kappa shape index (κ3) is 1.61. The molecule has 60 valence electrons. The van der Waals surface area contributed by atoms with Crippen LogP contribution in [-0.2, 0) is 0 Å². The first kappa shape index (κ1) is 8.70. The SMILES string of the molecule is COc1ncc(F)c(C)c1I. The van der Waals surface area contributed by atoms with E-state index in [1.165, 1.54) is 7.11 Å². The van der Waals surface area contributed by atoms with Crippen LogP contribution in [-0.4, -0.2) is 12.1 Å². The van der Waals surface area contributed by atoms with Crippen LogP contribution in [0.3, 0.4) is 0 Å². The Morgan fingerprint density at radius 3 is 2.82 bits per heavy atom. The number of ether oxygens (including phenoxy) is 1. The molecule has 0 aliphatic rings. The number of halogens is 2. The monoisotopic (exact) mass is 267 g/mol. The van der Waals surface area contributed by atoms with Crippen molar-refractivity contribution in [2.24, 2.45) is 0 Å². The van der Waals surface area contributed by atoms with Crippen LogP contribution in [0.15, 0.2) is 6.20 Å². The van der Waals surface area contributed by atoms with Crippen LogP contribution in [0.25, 0.3) is 0 Å². The molecule has 0 spiro atoms. The highest BCUT2D eigenvalue weighted by Crippen LogP contribution is 2.22. The van der Waals surface area contributed by atoms with Crippen LogP contribution in [0, 0.1) is 16.3 Å². The number of rotatable bonds is 1. The van der Waals surface area contributed by atoms with E-state index in [1.54, 1.807) is 6.92 Å². The molecule has 11 heavy (non-hydrogen) atoms. The minimum atomic E-state index is -0.296. The Balaban J connectivity index is 3.25. The molecular weight excluding hydrogens is 260 g/mol. The minimum Gasteiger partial charge on any atom is -0.480 e. The standard InChI is InChI=1S/C7H7FINO/c1-4-5(8)3-10-7(11-2)6(4)9/h3H,1-2H3. The molecule has 0 saturated heterocycles. The average molecular weight is 267 g/mol. The molecule has 1 aromatic rings. The van der Waals surface area contributed by atoms with Crippen LogP contribution in [0.1, 0.15) is 5.56 Å². The van der Waals surface area contributed by atoms with Gasteiger partial charge in [-0.15, -0.1) is 0 Å². The van der Waals surface area contributed by atoms with Crippen LogP contribution in [0.4, 0.5) is 4.39 Å². The fraction of sp³-hybridized carbons (Fsp3) is 0.286. The maximum atomic E-state index is 12.8. The summed E-state index contributed by atoms with van der Waals surface area (Å²) < 4.78 is 18.4. The van der Waals surface area contributed by atoms with Crippen molar-refractivity contribution in [3.8, 4) is 5.88 Å². The predicted octanol–water partition coefficient (Wildman–Crippen LogP) is 2.14. The number of methoxy groups -OCH3 is 1. The average Bonchev–Trinajstić information content (AvgIpc) is 2.01. The summed E-state index contributed by atoms with van der Waals surface area (Å²) >= 11 is 2.00. The first-order valence-electron chi connectivity index (χ1n) is 3.01. The van der Waals surface area contributed by atoms with E-state index >= 15 is 0 Å². The third-order valence-electron chi connectivity index (χ3n) is 1.36. The van der Waals surface area contributed by atoms with Crippen molar-refractivity contribution in [2.75, 3.05) is 7.11 Å². The molecule has 0 unspecified atom stereocenters. The summed E-state index contributed by atoms with van der Waals surface area (Å²) in [6, 6.07) is 0. The van der Waals surface area contributed by atoms with Gasteiger partial charge in [0.2, 0.25) is 5.88 Å². The van der Waals surface area contributed by atoms with Crippen LogP contribution in [0.5, 0.6) is 5.88 Å². The van der Waals surface area contributed by atoms with Gasteiger partial charge in [0.1, 0.15) is 5.82 Å². The lowest BCUT2D eigenvalue weighted by atomic mass is 10.3. The van der Waals surface area contributed by atoms with E-state index in [0.29, 0.717) is 11.4 Å². The van der Waals surface area contributed by atoms with E-state index in [1.807, 2.05) is 22.6 Å². The molecule has 1 heterocycles. The van der Waals surface area contributed by atoms with E-state index in [2.05, 4.69) is 4.98 Å². The van der Waals surface area contributed by atoms with Gasteiger partial charge in [-0.25, -0.2) is 9.37 Å². The van der Waals surface area contributed by atoms with Crippen molar-refractivity contribution in [3.63, 3.8) is 0 Å². The van der Waals surface area contributed by atoms with Crippen molar-refractivity contribution >= 4 is 22.6 Å². The molecule has 0 amide bonds. The summed E-state index contributed by atoms with van der Waals surface area (Å²) in [5.74, 6) is 0.180. The molecule has 0 aliphatic carbocycles. The molecule has 0 bridgehead atoms. The van der Waals surface area contributed by atoms with Gasteiger partial charge >= 0.3 is 0 Å². The lowest BCUT2D eigenvalue weighted by Crippen LogP contribution is -1.95. The van der Waals surface area contributed by atoms with Gasteiger partial charge in [-0.1, -0.05) is 0 Å². The van der Waals surface area contributed by atoms with E-state index in [-0.39, 0.29) is 5.82 Å². The normalized spacial score (nSPS) is 9.82. The quantitative estimate of drug-likeness (QED) is 0.727. The second kappa shape index (κ2) is 3.34. The minimum absolute atomic E-state index is 0.296. The molecule has 0 radical (unpaired) electrons. The lowest BCUT2D eigenvalue weighted by Gasteiger charge is -2.04. The molecule has 2 nitrogen and oxygen atoms in total. The third-order valence-corrected chi connectivity index (χ3v) is 2.63. The summed E-state index contributed by atoms with van der Waals surface area (Å²) in [7, 11) is 1.52. The highest BCUT2D eigenvalue weighted by molar-refractivity contribution is 14.1. The van der Waals surface area contributed by atoms with Gasteiger partial charge in [-0.3, -0.25) is 0 Å². The summed E-state index contributed by atoms with van der Waals surface area (Å²) in [6.45, 7) is 1.70. The van der Waals surface area contributed by atoms with Gasteiger partial charge in [0.05, 0.1) is 16.9 Å². The second-order valence-corrected chi connectivity index (χ2v) is 3.13. The predicted molar refractivity (Wildman–Crippen MR) is 48.2 cm³/mol. The Bertz CT molecular complexity index is 277. The van der Waals surface area contributed by atoms with E-state index < -0.39 is 0 Å². The number of nitrogens with zero attached hydrogens (tertiary/aromatic N) is 1. The Kier molecular flexibility index (Phi) is 2.64. The largest absolute Gasteiger partial charge is 0.480 e.